The molecule has 0 aliphatic rings. The summed E-state index contributed by atoms with van der Waals surface area (Å²) in [6.07, 6.45) is 0. The molecule has 0 aromatic heterocycles. The number of aliphatic imine (C=N–C) groups is 1. The fourth-order valence-electron chi connectivity index (χ4n) is 2.45. The van der Waals surface area contributed by atoms with Crippen LogP contribution in [0, 0.1) is 5.41 Å². The van der Waals surface area contributed by atoms with Gasteiger partial charge in [-0.3, -0.25) is 0 Å². The molecule has 0 bridgehead atoms. The lowest BCUT2D eigenvalue weighted by Crippen LogP contribution is -2.42. The van der Waals surface area contributed by atoms with Gasteiger partial charge in [0.25, 0.3) is 0 Å². The van der Waals surface area contributed by atoms with Gasteiger partial charge >= 0.3 is 0 Å². The van der Waals surface area contributed by atoms with Crippen molar-refractivity contribution in [2.24, 2.45) is 16.1 Å². The molecule has 7 heteroatoms. The minimum absolute atomic E-state index is 0. The van der Waals surface area contributed by atoms with Gasteiger partial charge in [-0.15, -0.1) is 24.0 Å². The summed E-state index contributed by atoms with van der Waals surface area (Å²) in [5, 5.41) is 3.19. The Morgan fingerprint density at radius 1 is 1.21 bits per heavy atom. The number of halogens is 1. The Balaban J connectivity index is 0.00000529. The van der Waals surface area contributed by atoms with Gasteiger partial charge in [-0.05, 0) is 37.2 Å². The van der Waals surface area contributed by atoms with Gasteiger partial charge in [-0.1, -0.05) is 19.9 Å². The average molecular weight is 450 g/mol. The number of ether oxygens (including phenoxy) is 2. The number of guanidine groups is 1. The van der Waals surface area contributed by atoms with Crippen LogP contribution >= 0.6 is 24.0 Å². The van der Waals surface area contributed by atoms with E-state index in [0.717, 1.165) is 18.7 Å². The highest BCUT2D eigenvalue weighted by atomic mass is 127. The average Bonchev–Trinajstić information content (AvgIpc) is 2.49. The molecule has 0 unspecified atom stereocenters. The summed E-state index contributed by atoms with van der Waals surface area (Å²) < 4.78 is 10.5. The lowest BCUT2D eigenvalue weighted by molar-refractivity contribution is 0.241. The van der Waals surface area contributed by atoms with Crippen LogP contribution in [0.2, 0.25) is 0 Å². The number of hydrogen-bond acceptors (Lipinski definition) is 4. The number of nitrogens with one attached hydrogen (secondary N) is 1. The van der Waals surface area contributed by atoms with E-state index in [0.29, 0.717) is 24.0 Å². The van der Waals surface area contributed by atoms with Crippen LogP contribution in [0.4, 0.5) is 0 Å². The standard InChI is InChI=1S/C17H30N4O2.HI/c1-17(2,12-21(3)4)11-20-16(18)19-10-13-7-8-14(22-5)15(9-13)23-6;/h7-9H,10-12H2,1-6H3,(H3,18,19,20);1H. The second kappa shape index (κ2) is 10.6. The molecule has 3 N–H and O–H groups in total. The molecule has 0 saturated heterocycles. The van der Waals surface area contributed by atoms with E-state index < -0.39 is 0 Å². The molecule has 0 radical (unpaired) electrons. The molecule has 0 spiro atoms. The molecular weight excluding hydrogens is 419 g/mol. The first-order valence-corrected chi connectivity index (χ1v) is 7.67. The molecule has 0 amide bonds. The fourth-order valence-corrected chi connectivity index (χ4v) is 2.45. The third-order valence-corrected chi connectivity index (χ3v) is 3.37. The number of rotatable bonds is 8. The maximum absolute atomic E-state index is 5.96. The van der Waals surface area contributed by atoms with Crippen molar-refractivity contribution in [3.63, 3.8) is 0 Å². The first-order chi connectivity index (χ1) is 10.8. The van der Waals surface area contributed by atoms with E-state index in [1.54, 1.807) is 14.2 Å². The molecule has 1 rings (SSSR count). The fraction of sp³-hybridized carbons (Fsp3) is 0.588. The van der Waals surface area contributed by atoms with E-state index in [2.05, 4.69) is 43.2 Å². The molecule has 6 nitrogen and oxygen atoms in total. The van der Waals surface area contributed by atoms with Crippen LogP contribution in [-0.4, -0.2) is 52.3 Å². The summed E-state index contributed by atoms with van der Waals surface area (Å²) >= 11 is 0. The highest BCUT2D eigenvalue weighted by Gasteiger charge is 2.18. The molecule has 24 heavy (non-hydrogen) atoms. The number of methoxy groups -OCH3 is 2. The largest absolute Gasteiger partial charge is 0.493 e. The predicted molar refractivity (Wildman–Crippen MR) is 111 cm³/mol. The monoisotopic (exact) mass is 450 g/mol. The lowest BCUT2D eigenvalue weighted by atomic mass is 9.93. The number of nitrogens with zero attached hydrogens (tertiary/aromatic N) is 2. The van der Waals surface area contributed by atoms with E-state index >= 15 is 0 Å². The third kappa shape index (κ3) is 8.05. The van der Waals surface area contributed by atoms with Gasteiger partial charge in [0, 0.05) is 13.1 Å². The summed E-state index contributed by atoms with van der Waals surface area (Å²) in [5.41, 5.74) is 7.09. The Kier molecular flexibility index (Phi) is 10.1. The Labute approximate surface area is 162 Å². The summed E-state index contributed by atoms with van der Waals surface area (Å²) in [5.74, 6) is 1.85. The van der Waals surface area contributed by atoms with E-state index in [9.17, 15) is 0 Å². The van der Waals surface area contributed by atoms with Crippen LogP contribution in [0.3, 0.4) is 0 Å². The lowest BCUT2D eigenvalue weighted by Gasteiger charge is -2.28. The van der Waals surface area contributed by atoms with Gasteiger partial charge in [0.2, 0.25) is 0 Å². The predicted octanol–water partition coefficient (Wildman–Crippen LogP) is 2.31. The number of benzene rings is 1. The smallest absolute Gasteiger partial charge is 0.188 e. The molecule has 0 atom stereocenters. The minimum Gasteiger partial charge on any atom is -0.493 e. The summed E-state index contributed by atoms with van der Waals surface area (Å²) in [7, 11) is 7.37. The van der Waals surface area contributed by atoms with Crippen molar-refractivity contribution in [1.29, 1.82) is 0 Å². The highest BCUT2D eigenvalue weighted by molar-refractivity contribution is 14.0. The maximum Gasteiger partial charge on any atom is 0.188 e. The van der Waals surface area contributed by atoms with Gasteiger partial charge in [0.15, 0.2) is 17.5 Å². The first kappa shape index (κ1) is 22.8. The molecule has 138 valence electrons. The van der Waals surface area contributed by atoms with Crippen LogP contribution in [0.25, 0.3) is 0 Å². The Hall–Kier alpha value is -1.22. The van der Waals surface area contributed by atoms with Crippen LogP contribution < -0.4 is 20.5 Å². The van der Waals surface area contributed by atoms with Crippen molar-refractivity contribution in [2.75, 3.05) is 41.4 Å². The second-order valence-corrected chi connectivity index (χ2v) is 6.65. The summed E-state index contributed by atoms with van der Waals surface area (Å²) in [6.45, 7) is 6.63. The van der Waals surface area contributed by atoms with E-state index in [1.165, 1.54) is 0 Å². The molecule has 0 aliphatic heterocycles. The molecule has 0 fully saturated rings. The summed E-state index contributed by atoms with van der Waals surface area (Å²) in [6, 6.07) is 5.73. The first-order valence-electron chi connectivity index (χ1n) is 7.67. The van der Waals surface area contributed by atoms with E-state index in [1.807, 2.05) is 18.2 Å². The maximum atomic E-state index is 5.96. The molecule has 1 aromatic rings. The Bertz CT molecular complexity index is 533. The zero-order chi connectivity index (χ0) is 17.5. The van der Waals surface area contributed by atoms with Gasteiger partial charge in [0.05, 0.1) is 20.8 Å². The quantitative estimate of drug-likeness (QED) is 0.362. The van der Waals surface area contributed by atoms with Crippen molar-refractivity contribution in [3.8, 4) is 11.5 Å². The minimum atomic E-state index is 0. The van der Waals surface area contributed by atoms with E-state index in [-0.39, 0.29) is 29.4 Å². The van der Waals surface area contributed by atoms with Crippen molar-refractivity contribution < 1.29 is 9.47 Å². The molecule has 0 aliphatic carbocycles. The Morgan fingerprint density at radius 2 is 1.83 bits per heavy atom. The highest BCUT2D eigenvalue weighted by Crippen LogP contribution is 2.27. The van der Waals surface area contributed by atoms with Crippen LogP contribution in [0.1, 0.15) is 19.4 Å². The zero-order valence-corrected chi connectivity index (χ0v) is 17.9. The number of nitrogens with two attached hydrogens (primary N) is 1. The van der Waals surface area contributed by atoms with Gasteiger partial charge in [-0.25, -0.2) is 4.99 Å². The van der Waals surface area contributed by atoms with Crippen molar-refractivity contribution in [1.82, 2.24) is 10.2 Å². The molecule has 0 heterocycles. The zero-order valence-electron chi connectivity index (χ0n) is 15.5. The second-order valence-electron chi connectivity index (χ2n) is 6.65. The third-order valence-electron chi connectivity index (χ3n) is 3.37. The Morgan fingerprint density at radius 3 is 2.38 bits per heavy atom. The normalized spacial score (nSPS) is 11.9. The SMILES string of the molecule is COc1ccc(CN=C(N)NCC(C)(C)CN(C)C)cc1OC.I. The van der Waals surface area contributed by atoms with Gasteiger partial charge in [0.1, 0.15) is 0 Å². The molecule has 1 aromatic carbocycles. The van der Waals surface area contributed by atoms with E-state index in [4.69, 9.17) is 15.2 Å². The van der Waals surface area contributed by atoms with Crippen molar-refractivity contribution >= 4 is 29.9 Å². The van der Waals surface area contributed by atoms with Crippen LogP contribution in [-0.2, 0) is 6.54 Å². The molecular formula is C17H31IN4O2. The summed E-state index contributed by atoms with van der Waals surface area (Å²) in [4.78, 5) is 6.55. The van der Waals surface area contributed by atoms with Crippen LogP contribution in [0.5, 0.6) is 11.5 Å². The molecule has 0 saturated carbocycles. The van der Waals surface area contributed by atoms with Crippen molar-refractivity contribution in [2.45, 2.75) is 20.4 Å². The van der Waals surface area contributed by atoms with Gasteiger partial charge < -0.3 is 25.4 Å². The number of hydrogen-bond donors (Lipinski definition) is 2. The topological polar surface area (TPSA) is 72.1 Å². The van der Waals surface area contributed by atoms with Crippen LogP contribution in [0.15, 0.2) is 23.2 Å². The van der Waals surface area contributed by atoms with Crippen molar-refractivity contribution in [3.05, 3.63) is 23.8 Å². The van der Waals surface area contributed by atoms with Gasteiger partial charge in [-0.2, -0.15) is 0 Å².